The van der Waals surface area contributed by atoms with Gasteiger partial charge in [0.1, 0.15) is 0 Å². The monoisotopic (exact) mass is 393 g/mol. The average Bonchev–Trinajstić information content (AvgIpc) is 3.04. The van der Waals surface area contributed by atoms with Crippen LogP contribution in [0.1, 0.15) is 41.6 Å². The molecule has 1 unspecified atom stereocenters. The SMILES string of the molecule is CS(=O)(=O)NCC1CCCN(C(=O)c2cccc(CN3CCCC3=O)c2)C1. The molecule has 0 radical (unpaired) electrons. The van der Waals surface area contributed by atoms with Gasteiger partial charge in [-0.2, -0.15) is 0 Å². The zero-order valence-corrected chi connectivity index (χ0v) is 16.5. The predicted molar refractivity (Wildman–Crippen MR) is 103 cm³/mol. The number of nitrogens with one attached hydrogen (secondary N) is 1. The maximum absolute atomic E-state index is 12.9. The Balaban J connectivity index is 1.62. The second kappa shape index (κ2) is 8.39. The Bertz CT molecular complexity index is 809. The summed E-state index contributed by atoms with van der Waals surface area (Å²) in [7, 11) is -3.22. The van der Waals surface area contributed by atoms with Crippen LogP contribution in [0.3, 0.4) is 0 Å². The number of rotatable bonds is 6. The largest absolute Gasteiger partial charge is 0.338 e. The van der Waals surface area contributed by atoms with Gasteiger partial charge in [0.2, 0.25) is 15.9 Å². The van der Waals surface area contributed by atoms with Gasteiger partial charge in [0.25, 0.3) is 5.91 Å². The second-order valence-corrected chi connectivity index (χ2v) is 9.33. The van der Waals surface area contributed by atoms with Gasteiger partial charge < -0.3 is 9.80 Å². The number of hydrogen-bond acceptors (Lipinski definition) is 4. The molecule has 0 saturated carbocycles. The Kier molecular flexibility index (Phi) is 6.16. The van der Waals surface area contributed by atoms with Crippen LogP contribution in [0, 0.1) is 5.92 Å². The Morgan fingerprint density at radius 3 is 2.78 bits per heavy atom. The molecule has 2 fully saturated rings. The van der Waals surface area contributed by atoms with E-state index in [1.165, 1.54) is 0 Å². The third-order valence-electron chi connectivity index (χ3n) is 5.16. The molecule has 1 aromatic rings. The minimum atomic E-state index is -3.22. The van der Waals surface area contributed by atoms with Crippen LogP contribution in [0.4, 0.5) is 0 Å². The molecular weight excluding hydrogens is 366 g/mol. The first-order valence-electron chi connectivity index (χ1n) is 9.42. The first-order chi connectivity index (χ1) is 12.8. The molecule has 1 N–H and O–H groups in total. The van der Waals surface area contributed by atoms with E-state index in [4.69, 9.17) is 0 Å². The summed E-state index contributed by atoms with van der Waals surface area (Å²) in [5, 5.41) is 0. The van der Waals surface area contributed by atoms with Gasteiger partial charge in [0, 0.05) is 44.7 Å². The van der Waals surface area contributed by atoms with Gasteiger partial charge in [-0.05, 0) is 42.9 Å². The minimum absolute atomic E-state index is 0.0337. The molecular formula is C19H27N3O4S. The van der Waals surface area contributed by atoms with Gasteiger partial charge in [0.15, 0.2) is 0 Å². The molecule has 0 bridgehead atoms. The van der Waals surface area contributed by atoms with Crippen LogP contribution in [-0.4, -0.2) is 62.5 Å². The van der Waals surface area contributed by atoms with E-state index in [-0.39, 0.29) is 17.7 Å². The Labute approximate surface area is 160 Å². The summed E-state index contributed by atoms with van der Waals surface area (Å²) < 4.78 is 25.1. The van der Waals surface area contributed by atoms with E-state index in [1.54, 1.807) is 11.0 Å². The quantitative estimate of drug-likeness (QED) is 0.787. The summed E-state index contributed by atoms with van der Waals surface area (Å²) >= 11 is 0. The van der Waals surface area contributed by atoms with Gasteiger partial charge in [-0.1, -0.05) is 12.1 Å². The lowest BCUT2D eigenvalue weighted by Gasteiger charge is -2.33. The highest BCUT2D eigenvalue weighted by molar-refractivity contribution is 7.88. The summed E-state index contributed by atoms with van der Waals surface area (Å²) in [5.41, 5.74) is 1.58. The number of hydrogen-bond donors (Lipinski definition) is 1. The normalized spacial score (nSPS) is 20.9. The maximum Gasteiger partial charge on any atom is 0.253 e. The summed E-state index contributed by atoms with van der Waals surface area (Å²) in [6.07, 6.45) is 4.42. The number of carbonyl (C=O) groups excluding carboxylic acids is 2. The molecule has 27 heavy (non-hydrogen) atoms. The molecule has 2 aliphatic rings. The van der Waals surface area contributed by atoms with Gasteiger partial charge in [-0.3, -0.25) is 9.59 Å². The Morgan fingerprint density at radius 2 is 2.07 bits per heavy atom. The molecule has 0 aromatic heterocycles. The van der Waals surface area contributed by atoms with Crippen LogP contribution in [0.5, 0.6) is 0 Å². The van der Waals surface area contributed by atoms with E-state index in [0.29, 0.717) is 38.2 Å². The summed E-state index contributed by atoms with van der Waals surface area (Å²) in [5.74, 6) is 0.264. The fourth-order valence-electron chi connectivity index (χ4n) is 3.76. The molecule has 2 heterocycles. The molecule has 2 aliphatic heterocycles. The van der Waals surface area contributed by atoms with Crippen molar-refractivity contribution in [3.05, 3.63) is 35.4 Å². The van der Waals surface area contributed by atoms with Crippen molar-refractivity contribution >= 4 is 21.8 Å². The van der Waals surface area contributed by atoms with Gasteiger partial charge in [-0.25, -0.2) is 13.1 Å². The molecule has 8 heteroatoms. The molecule has 148 valence electrons. The highest BCUT2D eigenvalue weighted by Crippen LogP contribution is 2.20. The lowest BCUT2D eigenvalue weighted by atomic mass is 9.97. The van der Waals surface area contributed by atoms with E-state index < -0.39 is 10.0 Å². The summed E-state index contributed by atoms with van der Waals surface area (Å²) in [6.45, 7) is 2.91. The molecule has 1 atom stereocenters. The van der Waals surface area contributed by atoms with Crippen LogP contribution in [0.2, 0.25) is 0 Å². The van der Waals surface area contributed by atoms with Crippen LogP contribution >= 0.6 is 0 Å². The molecule has 7 nitrogen and oxygen atoms in total. The Hall–Kier alpha value is -1.93. The molecule has 2 amide bonds. The molecule has 0 spiro atoms. The van der Waals surface area contributed by atoms with E-state index in [9.17, 15) is 18.0 Å². The van der Waals surface area contributed by atoms with Crippen molar-refractivity contribution in [2.75, 3.05) is 32.4 Å². The fraction of sp³-hybridized carbons (Fsp3) is 0.579. The van der Waals surface area contributed by atoms with Crippen molar-refractivity contribution in [2.45, 2.75) is 32.2 Å². The van der Waals surface area contributed by atoms with Gasteiger partial charge in [-0.15, -0.1) is 0 Å². The number of benzene rings is 1. The van der Waals surface area contributed by atoms with Crippen molar-refractivity contribution in [1.29, 1.82) is 0 Å². The van der Waals surface area contributed by atoms with Crippen LogP contribution in [0.25, 0.3) is 0 Å². The minimum Gasteiger partial charge on any atom is -0.338 e. The van der Waals surface area contributed by atoms with E-state index in [0.717, 1.165) is 37.6 Å². The number of nitrogens with zero attached hydrogens (tertiary/aromatic N) is 2. The average molecular weight is 394 g/mol. The molecule has 0 aliphatic carbocycles. The van der Waals surface area contributed by atoms with Crippen molar-refractivity contribution in [1.82, 2.24) is 14.5 Å². The van der Waals surface area contributed by atoms with E-state index in [2.05, 4.69) is 4.72 Å². The van der Waals surface area contributed by atoms with Crippen molar-refractivity contribution in [3.63, 3.8) is 0 Å². The fourth-order valence-corrected chi connectivity index (χ4v) is 4.30. The highest BCUT2D eigenvalue weighted by atomic mass is 32.2. The number of amides is 2. The first kappa shape index (κ1) is 19.8. The summed E-state index contributed by atoms with van der Waals surface area (Å²) in [4.78, 5) is 28.4. The van der Waals surface area contributed by atoms with Crippen LogP contribution in [0.15, 0.2) is 24.3 Å². The Morgan fingerprint density at radius 1 is 1.26 bits per heavy atom. The van der Waals surface area contributed by atoms with Crippen molar-refractivity contribution in [2.24, 2.45) is 5.92 Å². The van der Waals surface area contributed by atoms with Crippen molar-refractivity contribution < 1.29 is 18.0 Å². The zero-order chi connectivity index (χ0) is 19.4. The maximum atomic E-state index is 12.9. The third kappa shape index (κ3) is 5.52. The number of sulfonamides is 1. The number of likely N-dealkylation sites (tertiary alicyclic amines) is 2. The highest BCUT2D eigenvalue weighted by Gasteiger charge is 2.25. The lowest BCUT2D eigenvalue weighted by Crippen LogP contribution is -2.43. The van der Waals surface area contributed by atoms with Crippen LogP contribution in [-0.2, 0) is 21.4 Å². The zero-order valence-electron chi connectivity index (χ0n) is 15.7. The molecule has 3 rings (SSSR count). The number of piperidine rings is 1. The topological polar surface area (TPSA) is 86.8 Å². The van der Waals surface area contributed by atoms with E-state index >= 15 is 0 Å². The van der Waals surface area contributed by atoms with Crippen LogP contribution < -0.4 is 4.72 Å². The van der Waals surface area contributed by atoms with Crippen molar-refractivity contribution in [3.8, 4) is 0 Å². The lowest BCUT2D eigenvalue weighted by molar-refractivity contribution is -0.128. The van der Waals surface area contributed by atoms with Gasteiger partial charge in [0.05, 0.1) is 6.26 Å². The third-order valence-corrected chi connectivity index (χ3v) is 5.85. The van der Waals surface area contributed by atoms with Gasteiger partial charge >= 0.3 is 0 Å². The summed E-state index contributed by atoms with van der Waals surface area (Å²) in [6, 6.07) is 7.47. The standard InChI is InChI=1S/C19H27N3O4S/c1-27(25,26)20-12-16-6-3-10-22(14-16)19(24)17-7-2-5-15(11-17)13-21-9-4-8-18(21)23/h2,5,7,11,16,20H,3-4,6,8-10,12-14H2,1H3. The first-order valence-corrected chi connectivity index (χ1v) is 11.3. The number of carbonyl (C=O) groups is 2. The predicted octanol–water partition coefficient (Wildman–Crippen LogP) is 1.21. The second-order valence-electron chi connectivity index (χ2n) is 7.50. The smallest absolute Gasteiger partial charge is 0.253 e. The molecule has 2 saturated heterocycles. The molecule has 1 aromatic carbocycles. The van der Waals surface area contributed by atoms with E-state index in [1.807, 2.05) is 23.1 Å².